The summed E-state index contributed by atoms with van der Waals surface area (Å²) >= 11 is 0. The number of carbonyl (C=O) groups is 1. The van der Waals surface area contributed by atoms with E-state index < -0.39 is 0 Å². The van der Waals surface area contributed by atoms with Crippen LogP contribution in [0.3, 0.4) is 0 Å². The van der Waals surface area contributed by atoms with E-state index in [4.69, 9.17) is 0 Å². The van der Waals surface area contributed by atoms with Crippen LogP contribution in [-0.2, 0) is 11.3 Å². The zero-order chi connectivity index (χ0) is 14.7. The van der Waals surface area contributed by atoms with Gasteiger partial charge in [0.2, 0.25) is 6.41 Å². The van der Waals surface area contributed by atoms with Crippen molar-refractivity contribution in [1.29, 1.82) is 0 Å². The number of rotatable bonds is 4. The van der Waals surface area contributed by atoms with E-state index >= 15 is 0 Å². The number of fused-ring (bicyclic) bond motifs is 1. The number of hydrogen-bond acceptors (Lipinski definition) is 2. The molecule has 21 heavy (non-hydrogen) atoms. The highest BCUT2D eigenvalue weighted by Crippen LogP contribution is 2.37. The summed E-state index contributed by atoms with van der Waals surface area (Å²) < 4.78 is 0. The molecule has 2 aromatic rings. The van der Waals surface area contributed by atoms with E-state index in [1.807, 2.05) is 12.1 Å². The molecule has 0 aromatic heterocycles. The maximum Gasteiger partial charge on any atom is 0.207 e. The van der Waals surface area contributed by atoms with Gasteiger partial charge in [-0.05, 0) is 30.5 Å². The highest BCUT2D eigenvalue weighted by molar-refractivity contribution is 5.60. The third kappa shape index (κ3) is 2.77. The molecule has 3 nitrogen and oxygen atoms in total. The van der Waals surface area contributed by atoms with Gasteiger partial charge in [-0.15, -0.1) is 0 Å². The Bertz CT molecular complexity index is 612. The molecule has 0 radical (unpaired) electrons. The summed E-state index contributed by atoms with van der Waals surface area (Å²) in [7, 11) is 0. The Kier molecular flexibility index (Phi) is 3.91. The summed E-state index contributed by atoms with van der Waals surface area (Å²) in [6, 6.07) is 19.4. The van der Waals surface area contributed by atoms with Crippen LogP contribution in [0.5, 0.6) is 0 Å². The molecule has 108 valence electrons. The van der Waals surface area contributed by atoms with Crippen molar-refractivity contribution in [3.63, 3.8) is 0 Å². The van der Waals surface area contributed by atoms with Gasteiger partial charge in [0.25, 0.3) is 0 Å². The summed E-state index contributed by atoms with van der Waals surface area (Å²) in [5.74, 6) is 0. The summed E-state index contributed by atoms with van der Waals surface area (Å²) in [5, 5.41) is 2.95. The molecular formula is C18H20N2O. The summed E-state index contributed by atoms with van der Waals surface area (Å²) in [6.07, 6.45) is 1.74. The lowest BCUT2D eigenvalue weighted by Crippen LogP contribution is -2.41. The number of anilines is 1. The first-order valence-electron chi connectivity index (χ1n) is 7.39. The fourth-order valence-electron chi connectivity index (χ4n) is 3.14. The zero-order valence-electron chi connectivity index (χ0n) is 12.2. The molecule has 0 spiro atoms. The van der Waals surface area contributed by atoms with Crippen molar-refractivity contribution in [3.05, 3.63) is 65.7 Å². The molecule has 0 bridgehead atoms. The number of nitrogens with zero attached hydrogens (tertiary/aromatic N) is 1. The molecule has 1 aliphatic rings. The molecule has 2 atom stereocenters. The first-order valence-corrected chi connectivity index (χ1v) is 7.39. The number of para-hydroxylation sites is 1. The van der Waals surface area contributed by atoms with E-state index in [0.29, 0.717) is 6.04 Å². The van der Waals surface area contributed by atoms with Gasteiger partial charge in [-0.3, -0.25) is 4.79 Å². The van der Waals surface area contributed by atoms with Crippen molar-refractivity contribution < 1.29 is 4.79 Å². The number of carbonyl (C=O) groups excluding carboxylic acids is 1. The molecular weight excluding hydrogens is 260 g/mol. The van der Waals surface area contributed by atoms with Gasteiger partial charge in [0, 0.05) is 18.3 Å². The quantitative estimate of drug-likeness (QED) is 0.872. The molecule has 0 saturated heterocycles. The van der Waals surface area contributed by atoms with Crippen molar-refractivity contribution in [2.45, 2.75) is 32.0 Å². The molecule has 1 N–H and O–H groups in total. The van der Waals surface area contributed by atoms with Crippen molar-refractivity contribution in [2.24, 2.45) is 0 Å². The Morgan fingerprint density at radius 2 is 1.86 bits per heavy atom. The molecule has 1 amide bonds. The zero-order valence-corrected chi connectivity index (χ0v) is 12.2. The van der Waals surface area contributed by atoms with E-state index in [9.17, 15) is 4.79 Å². The first kappa shape index (κ1) is 13.7. The minimum atomic E-state index is 0.112. The van der Waals surface area contributed by atoms with Crippen LogP contribution in [0.2, 0.25) is 0 Å². The second kappa shape index (κ2) is 6.00. The second-order valence-corrected chi connectivity index (χ2v) is 5.59. The SMILES string of the molecule is CC1CC(NC=O)c2ccccc2N1Cc1ccccc1. The van der Waals surface area contributed by atoms with Gasteiger partial charge >= 0.3 is 0 Å². The normalized spacial score (nSPS) is 20.7. The minimum absolute atomic E-state index is 0.112. The third-order valence-electron chi connectivity index (χ3n) is 4.20. The van der Waals surface area contributed by atoms with Crippen molar-refractivity contribution in [2.75, 3.05) is 4.90 Å². The van der Waals surface area contributed by atoms with E-state index in [-0.39, 0.29) is 6.04 Å². The summed E-state index contributed by atoms with van der Waals surface area (Å²) in [4.78, 5) is 13.3. The molecule has 1 heterocycles. The largest absolute Gasteiger partial charge is 0.364 e. The average Bonchev–Trinajstić information content (AvgIpc) is 2.52. The van der Waals surface area contributed by atoms with E-state index in [2.05, 4.69) is 59.6 Å². The fourth-order valence-corrected chi connectivity index (χ4v) is 3.14. The smallest absolute Gasteiger partial charge is 0.207 e. The minimum Gasteiger partial charge on any atom is -0.364 e. The Hall–Kier alpha value is -2.29. The number of nitrogens with one attached hydrogen (secondary N) is 1. The van der Waals surface area contributed by atoms with Crippen molar-refractivity contribution in [1.82, 2.24) is 5.32 Å². The lowest BCUT2D eigenvalue weighted by Gasteiger charge is -2.40. The van der Waals surface area contributed by atoms with Crippen LogP contribution in [0, 0.1) is 0 Å². The maximum atomic E-state index is 10.8. The third-order valence-corrected chi connectivity index (χ3v) is 4.20. The van der Waals surface area contributed by atoms with Crippen molar-refractivity contribution in [3.8, 4) is 0 Å². The Labute approximate surface area is 125 Å². The molecule has 0 saturated carbocycles. The lowest BCUT2D eigenvalue weighted by atomic mass is 9.91. The molecule has 0 aliphatic carbocycles. The van der Waals surface area contributed by atoms with Gasteiger partial charge in [-0.2, -0.15) is 0 Å². The van der Waals surface area contributed by atoms with Gasteiger partial charge in [0.05, 0.1) is 6.04 Å². The maximum absolute atomic E-state index is 10.8. The summed E-state index contributed by atoms with van der Waals surface area (Å²) in [5.41, 5.74) is 3.74. The Balaban J connectivity index is 1.93. The van der Waals surface area contributed by atoms with Crippen LogP contribution in [0.1, 0.15) is 30.5 Å². The average molecular weight is 280 g/mol. The fraction of sp³-hybridized carbons (Fsp3) is 0.278. The van der Waals surface area contributed by atoms with Crippen LogP contribution in [0.4, 0.5) is 5.69 Å². The number of hydrogen-bond donors (Lipinski definition) is 1. The summed E-state index contributed by atoms with van der Waals surface area (Å²) in [6.45, 7) is 3.12. The van der Waals surface area contributed by atoms with E-state index in [1.54, 1.807) is 0 Å². The van der Waals surface area contributed by atoms with Gasteiger partial charge in [-0.1, -0.05) is 48.5 Å². The second-order valence-electron chi connectivity index (χ2n) is 5.59. The standard InChI is InChI=1S/C18H20N2O/c1-14-11-17(19-13-21)16-9-5-6-10-18(16)20(14)12-15-7-3-2-4-8-15/h2-10,13-14,17H,11-12H2,1H3,(H,19,21). The number of amides is 1. The Morgan fingerprint density at radius 1 is 1.14 bits per heavy atom. The van der Waals surface area contributed by atoms with Gasteiger partial charge in [0.1, 0.15) is 0 Å². The van der Waals surface area contributed by atoms with Crippen LogP contribution in [-0.4, -0.2) is 12.5 Å². The highest BCUT2D eigenvalue weighted by atomic mass is 16.1. The Morgan fingerprint density at radius 3 is 2.62 bits per heavy atom. The molecule has 0 fully saturated rings. The molecule has 1 aliphatic heterocycles. The predicted octanol–water partition coefficient (Wildman–Crippen LogP) is 3.27. The molecule has 2 unspecified atom stereocenters. The van der Waals surface area contributed by atoms with E-state index in [0.717, 1.165) is 19.4 Å². The highest BCUT2D eigenvalue weighted by Gasteiger charge is 2.29. The van der Waals surface area contributed by atoms with Gasteiger partial charge in [-0.25, -0.2) is 0 Å². The molecule has 2 aromatic carbocycles. The molecule has 3 rings (SSSR count). The predicted molar refractivity (Wildman–Crippen MR) is 85.1 cm³/mol. The lowest BCUT2D eigenvalue weighted by molar-refractivity contribution is -0.110. The topological polar surface area (TPSA) is 32.3 Å². The van der Waals surface area contributed by atoms with E-state index in [1.165, 1.54) is 16.8 Å². The van der Waals surface area contributed by atoms with Gasteiger partial charge < -0.3 is 10.2 Å². The van der Waals surface area contributed by atoms with Gasteiger partial charge in [0.15, 0.2) is 0 Å². The van der Waals surface area contributed by atoms with Crippen LogP contribution in [0.25, 0.3) is 0 Å². The van der Waals surface area contributed by atoms with Crippen LogP contribution in [0.15, 0.2) is 54.6 Å². The molecule has 3 heteroatoms. The monoisotopic (exact) mass is 280 g/mol. The van der Waals surface area contributed by atoms with Crippen LogP contribution >= 0.6 is 0 Å². The van der Waals surface area contributed by atoms with Crippen molar-refractivity contribution >= 4 is 12.1 Å². The number of benzene rings is 2. The first-order chi connectivity index (χ1) is 10.3. The van der Waals surface area contributed by atoms with Crippen LogP contribution < -0.4 is 10.2 Å².